The molecule has 3 nitrogen and oxygen atoms in total. The molecule has 0 aliphatic heterocycles. The lowest BCUT2D eigenvalue weighted by atomic mass is 9.67. The average molecular weight is 246 g/mol. The van der Waals surface area contributed by atoms with Crippen molar-refractivity contribution >= 4 is 5.78 Å². The first-order valence-electron chi connectivity index (χ1n) is 6.38. The Morgan fingerprint density at radius 2 is 1.94 bits per heavy atom. The second-order valence-electron chi connectivity index (χ2n) is 5.85. The normalized spacial score (nSPS) is 33.2. The zero-order valence-corrected chi connectivity index (χ0v) is 11.0. The number of carbonyl (C=O) groups excluding carboxylic acids is 1. The van der Waals surface area contributed by atoms with Gasteiger partial charge in [0.05, 0.1) is 6.61 Å². The lowest BCUT2D eigenvalue weighted by Gasteiger charge is -2.39. The van der Waals surface area contributed by atoms with Crippen LogP contribution >= 0.6 is 0 Å². The van der Waals surface area contributed by atoms with Crippen LogP contribution in [0.1, 0.15) is 33.6 Å². The summed E-state index contributed by atoms with van der Waals surface area (Å²) in [5, 5.41) is 19.9. The molecule has 96 valence electrons. The number of fused-ring (bicyclic) bond motifs is 1. The Labute approximate surface area is 107 Å². The predicted octanol–water partition coefficient (Wildman–Crippen LogP) is 1.67. The first-order valence-corrected chi connectivity index (χ1v) is 6.38. The summed E-state index contributed by atoms with van der Waals surface area (Å²) in [6.45, 7) is 5.53. The molecular formula is C15H18O3. The van der Waals surface area contributed by atoms with Crippen LogP contribution in [0.2, 0.25) is 0 Å². The van der Waals surface area contributed by atoms with Crippen LogP contribution in [0, 0.1) is 5.41 Å². The highest BCUT2D eigenvalue weighted by Crippen LogP contribution is 2.64. The summed E-state index contributed by atoms with van der Waals surface area (Å²) in [4.78, 5) is 12.5. The smallest absolute Gasteiger partial charge is 0.195 e. The van der Waals surface area contributed by atoms with E-state index in [0.717, 1.165) is 35.1 Å². The van der Waals surface area contributed by atoms with Gasteiger partial charge in [-0.05, 0) is 56.4 Å². The molecule has 3 aliphatic rings. The van der Waals surface area contributed by atoms with Crippen LogP contribution in [-0.4, -0.2) is 28.2 Å². The number of hydrogen-bond donors (Lipinski definition) is 2. The summed E-state index contributed by atoms with van der Waals surface area (Å²) >= 11 is 0. The number of allylic oxidation sites excluding steroid dienone is 2. The maximum Gasteiger partial charge on any atom is 0.195 e. The maximum absolute atomic E-state index is 12.5. The lowest BCUT2D eigenvalue weighted by Crippen LogP contribution is -2.49. The van der Waals surface area contributed by atoms with E-state index in [1.807, 2.05) is 13.8 Å². The summed E-state index contributed by atoms with van der Waals surface area (Å²) in [7, 11) is 0. The molecule has 3 rings (SSSR count). The molecule has 2 N–H and O–H groups in total. The molecule has 0 unspecified atom stereocenters. The van der Waals surface area contributed by atoms with E-state index < -0.39 is 5.60 Å². The van der Waals surface area contributed by atoms with Gasteiger partial charge in [-0.2, -0.15) is 0 Å². The fraction of sp³-hybridized carbons (Fsp3) is 0.533. The van der Waals surface area contributed by atoms with Crippen molar-refractivity contribution in [2.24, 2.45) is 5.41 Å². The van der Waals surface area contributed by atoms with E-state index in [2.05, 4.69) is 0 Å². The van der Waals surface area contributed by atoms with Crippen molar-refractivity contribution in [3.8, 4) is 0 Å². The van der Waals surface area contributed by atoms with E-state index in [9.17, 15) is 15.0 Å². The second-order valence-corrected chi connectivity index (χ2v) is 5.85. The van der Waals surface area contributed by atoms with Gasteiger partial charge in [-0.15, -0.1) is 0 Å². The third kappa shape index (κ3) is 1.09. The van der Waals surface area contributed by atoms with Crippen molar-refractivity contribution in [3.05, 3.63) is 33.9 Å². The number of rotatable bonds is 1. The van der Waals surface area contributed by atoms with Crippen molar-refractivity contribution in [1.82, 2.24) is 0 Å². The fourth-order valence-corrected chi connectivity index (χ4v) is 3.61. The maximum atomic E-state index is 12.5. The minimum atomic E-state index is -1.29. The monoisotopic (exact) mass is 246 g/mol. The van der Waals surface area contributed by atoms with Crippen LogP contribution in [0.15, 0.2) is 33.9 Å². The minimum absolute atomic E-state index is 0.0610. The Kier molecular flexibility index (Phi) is 2.13. The third-order valence-corrected chi connectivity index (χ3v) is 5.08. The van der Waals surface area contributed by atoms with Crippen LogP contribution < -0.4 is 0 Å². The topological polar surface area (TPSA) is 57.5 Å². The quantitative estimate of drug-likeness (QED) is 0.740. The summed E-state index contributed by atoms with van der Waals surface area (Å²) in [6.07, 6.45) is 3.48. The Morgan fingerprint density at radius 3 is 2.44 bits per heavy atom. The number of Topliss-reactive ketones (excluding diaryl/α,β-unsaturated/α-hetero) is 1. The van der Waals surface area contributed by atoms with Crippen LogP contribution in [-0.2, 0) is 4.79 Å². The Bertz CT molecular complexity index is 554. The van der Waals surface area contributed by atoms with Gasteiger partial charge in [-0.3, -0.25) is 4.79 Å². The lowest BCUT2D eigenvalue weighted by molar-refractivity contribution is -0.137. The van der Waals surface area contributed by atoms with Crippen molar-refractivity contribution in [3.63, 3.8) is 0 Å². The van der Waals surface area contributed by atoms with Crippen molar-refractivity contribution in [1.29, 1.82) is 0 Å². The van der Waals surface area contributed by atoms with Gasteiger partial charge in [0.15, 0.2) is 5.78 Å². The molecule has 0 heterocycles. The fourth-order valence-electron chi connectivity index (χ4n) is 3.61. The molecule has 0 aromatic carbocycles. The molecule has 0 saturated heterocycles. The summed E-state index contributed by atoms with van der Waals surface area (Å²) in [6, 6.07) is 0. The minimum Gasteiger partial charge on any atom is -0.392 e. The zero-order chi connectivity index (χ0) is 13.3. The van der Waals surface area contributed by atoms with Crippen molar-refractivity contribution in [2.45, 2.75) is 39.2 Å². The van der Waals surface area contributed by atoms with Crippen LogP contribution in [0.5, 0.6) is 0 Å². The summed E-state index contributed by atoms with van der Waals surface area (Å²) < 4.78 is 0. The molecule has 0 radical (unpaired) electrons. The number of aliphatic hydroxyl groups is 2. The molecule has 0 aromatic heterocycles. The van der Waals surface area contributed by atoms with Crippen LogP contribution in [0.4, 0.5) is 0 Å². The van der Waals surface area contributed by atoms with Gasteiger partial charge < -0.3 is 10.2 Å². The van der Waals surface area contributed by atoms with E-state index in [1.165, 1.54) is 0 Å². The highest BCUT2D eigenvalue weighted by molar-refractivity contribution is 6.10. The van der Waals surface area contributed by atoms with Crippen molar-refractivity contribution in [2.75, 3.05) is 6.61 Å². The van der Waals surface area contributed by atoms with Crippen LogP contribution in [0.3, 0.4) is 0 Å². The Balaban J connectivity index is 2.27. The van der Waals surface area contributed by atoms with E-state index >= 15 is 0 Å². The average Bonchev–Trinajstić information content (AvgIpc) is 3.06. The Hall–Kier alpha value is -1.19. The molecule has 18 heavy (non-hydrogen) atoms. The van der Waals surface area contributed by atoms with Gasteiger partial charge >= 0.3 is 0 Å². The van der Waals surface area contributed by atoms with E-state index in [-0.39, 0.29) is 17.8 Å². The van der Waals surface area contributed by atoms with E-state index in [0.29, 0.717) is 5.57 Å². The third-order valence-electron chi connectivity index (χ3n) is 5.08. The van der Waals surface area contributed by atoms with Gasteiger partial charge in [0.2, 0.25) is 0 Å². The molecule has 1 spiro atoms. The molecule has 1 atom stereocenters. The van der Waals surface area contributed by atoms with E-state index in [1.54, 1.807) is 13.0 Å². The van der Waals surface area contributed by atoms with Gasteiger partial charge in [-0.25, -0.2) is 0 Å². The highest BCUT2D eigenvalue weighted by atomic mass is 16.3. The molecule has 0 bridgehead atoms. The van der Waals surface area contributed by atoms with Gasteiger partial charge in [0.25, 0.3) is 0 Å². The van der Waals surface area contributed by atoms with E-state index in [4.69, 9.17) is 0 Å². The zero-order valence-electron chi connectivity index (χ0n) is 11.0. The van der Waals surface area contributed by atoms with Crippen molar-refractivity contribution < 1.29 is 15.0 Å². The first-order chi connectivity index (χ1) is 8.37. The summed E-state index contributed by atoms with van der Waals surface area (Å²) in [5.74, 6) is -0.191. The molecule has 0 aromatic rings. The largest absolute Gasteiger partial charge is 0.392 e. The highest BCUT2D eigenvalue weighted by Gasteiger charge is 2.64. The standard InChI is InChI=1S/C15H18O3/c1-8-10(7-16)6-11-12(8)9(2)15(4-5-15)14(3,18)13(11)17/h6,16,18H,4-5,7H2,1-3H3/t14-/m0/s1. The number of aliphatic hydroxyl groups excluding tert-OH is 1. The van der Waals surface area contributed by atoms with Gasteiger partial charge in [0.1, 0.15) is 5.60 Å². The molecular weight excluding hydrogens is 228 g/mol. The van der Waals surface area contributed by atoms with Gasteiger partial charge in [-0.1, -0.05) is 5.57 Å². The number of ketones is 1. The molecule has 1 fully saturated rings. The number of hydrogen-bond acceptors (Lipinski definition) is 3. The number of carbonyl (C=O) groups is 1. The molecule has 3 heteroatoms. The molecule has 1 saturated carbocycles. The first kappa shape index (κ1) is 11.9. The molecule has 0 amide bonds. The second kappa shape index (κ2) is 3.22. The van der Waals surface area contributed by atoms with Crippen LogP contribution in [0.25, 0.3) is 0 Å². The summed E-state index contributed by atoms with van der Waals surface area (Å²) in [5.41, 5.74) is 2.78. The Morgan fingerprint density at radius 1 is 1.33 bits per heavy atom. The SMILES string of the molecule is CC1=C(CO)C=C2C(=O)[C@](C)(O)C3(CC3)C(C)=C21. The van der Waals surface area contributed by atoms with Gasteiger partial charge in [0, 0.05) is 11.0 Å². The predicted molar refractivity (Wildman–Crippen MR) is 67.9 cm³/mol. The molecule has 3 aliphatic carbocycles.